The first-order valence-corrected chi connectivity index (χ1v) is 9.11. The Kier molecular flexibility index (Phi) is 3.67. The number of carbonyl (C=O) groups is 1. The molecule has 1 fully saturated rings. The zero-order chi connectivity index (χ0) is 18.4. The van der Waals surface area contributed by atoms with Crippen molar-refractivity contribution in [2.45, 2.75) is 18.8 Å². The second-order valence-electron chi connectivity index (χ2n) is 7.01. The summed E-state index contributed by atoms with van der Waals surface area (Å²) < 4.78 is 7.75. The maximum absolute atomic E-state index is 12.8. The van der Waals surface area contributed by atoms with E-state index in [0.717, 1.165) is 41.0 Å². The van der Waals surface area contributed by atoms with Gasteiger partial charge in [-0.25, -0.2) is 15.0 Å². The Labute approximate surface area is 155 Å². The van der Waals surface area contributed by atoms with Crippen molar-refractivity contribution >= 4 is 28.2 Å². The van der Waals surface area contributed by atoms with Gasteiger partial charge in [0.05, 0.1) is 11.9 Å². The van der Waals surface area contributed by atoms with E-state index in [2.05, 4.69) is 15.0 Å². The molecule has 0 saturated carbocycles. The molecule has 4 aromatic rings. The van der Waals surface area contributed by atoms with Crippen LogP contribution in [0.5, 0.6) is 0 Å². The van der Waals surface area contributed by atoms with Crippen molar-refractivity contribution in [2.24, 2.45) is 7.05 Å². The van der Waals surface area contributed by atoms with E-state index in [-0.39, 0.29) is 11.8 Å². The molecule has 1 aliphatic heterocycles. The molecule has 4 heterocycles. The molecule has 0 radical (unpaired) electrons. The fourth-order valence-corrected chi connectivity index (χ4v) is 3.71. The molecule has 3 aromatic heterocycles. The fraction of sp³-hybridized carbons (Fsp3) is 0.300. The molecular formula is C20H19N5O2. The summed E-state index contributed by atoms with van der Waals surface area (Å²) in [6.07, 6.45) is 5.03. The highest BCUT2D eigenvalue weighted by atomic mass is 16.3. The molecule has 1 amide bonds. The summed E-state index contributed by atoms with van der Waals surface area (Å²) in [5.74, 6) is 1.03. The third-order valence-electron chi connectivity index (χ3n) is 5.24. The predicted octanol–water partition coefficient (Wildman–Crippen LogP) is 3.13. The molecule has 5 rings (SSSR count). The first-order valence-electron chi connectivity index (χ1n) is 9.11. The predicted molar refractivity (Wildman–Crippen MR) is 100 cm³/mol. The maximum Gasteiger partial charge on any atom is 0.255 e. The van der Waals surface area contributed by atoms with Crippen LogP contribution in [-0.2, 0) is 7.05 Å². The van der Waals surface area contributed by atoms with E-state index < -0.39 is 0 Å². The van der Waals surface area contributed by atoms with Crippen LogP contribution >= 0.6 is 0 Å². The lowest BCUT2D eigenvalue weighted by Crippen LogP contribution is -2.38. The van der Waals surface area contributed by atoms with Crippen LogP contribution < -0.4 is 0 Å². The summed E-state index contributed by atoms with van der Waals surface area (Å²) in [5.41, 5.74) is 3.81. The van der Waals surface area contributed by atoms with Gasteiger partial charge >= 0.3 is 0 Å². The minimum atomic E-state index is 0.00562. The van der Waals surface area contributed by atoms with Crippen LogP contribution in [0.4, 0.5) is 0 Å². The SMILES string of the molecule is Cn1cnc2cc(C(=O)N3CCC(c4nc5ccccc5o4)CC3)cnc21. The monoisotopic (exact) mass is 361 g/mol. The van der Waals surface area contributed by atoms with E-state index in [0.29, 0.717) is 18.7 Å². The van der Waals surface area contributed by atoms with E-state index in [1.54, 1.807) is 12.5 Å². The topological polar surface area (TPSA) is 77.0 Å². The van der Waals surface area contributed by atoms with Crippen LogP contribution in [0.15, 0.2) is 47.3 Å². The normalized spacial score (nSPS) is 15.7. The smallest absolute Gasteiger partial charge is 0.255 e. The van der Waals surface area contributed by atoms with Crippen molar-refractivity contribution in [2.75, 3.05) is 13.1 Å². The highest BCUT2D eigenvalue weighted by Gasteiger charge is 2.28. The molecule has 1 aliphatic rings. The molecule has 0 N–H and O–H groups in total. The lowest BCUT2D eigenvalue weighted by molar-refractivity contribution is 0.0706. The molecule has 1 aromatic carbocycles. The molecule has 0 bridgehead atoms. The van der Waals surface area contributed by atoms with Crippen LogP contribution in [0.2, 0.25) is 0 Å². The number of rotatable bonds is 2. The van der Waals surface area contributed by atoms with Crippen molar-refractivity contribution in [3.63, 3.8) is 0 Å². The van der Waals surface area contributed by atoms with Crippen molar-refractivity contribution in [3.05, 3.63) is 54.3 Å². The second-order valence-corrected chi connectivity index (χ2v) is 7.01. The van der Waals surface area contributed by atoms with E-state index in [1.165, 1.54) is 0 Å². The van der Waals surface area contributed by atoms with Crippen molar-refractivity contribution in [3.8, 4) is 0 Å². The van der Waals surface area contributed by atoms with Gasteiger partial charge < -0.3 is 13.9 Å². The lowest BCUT2D eigenvalue weighted by atomic mass is 9.96. The number of hydrogen-bond acceptors (Lipinski definition) is 5. The van der Waals surface area contributed by atoms with Gasteiger partial charge in [-0.3, -0.25) is 4.79 Å². The zero-order valence-electron chi connectivity index (χ0n) is 15.0. The summed E-state index contributed by atoms with van der Waals surface area (Å²) in [4.78, 5) is 28.0. The van der Waals surface area contributed by atoms with Crippen molar-refractivity contribution in [1.29, 1.82) is 0 Å². The number of aryl methyl sites for hydroxylation is 1. The molecule has 27 heavy (non-hydrogen) atoms. The van der Waals surface area contributed by atoms with E-state index in [4.69, 9.17) is 4.42 Å². The third-order valence-corrected chi connectivity index (χ3v) is 5.24. The number of imidazole rings is 1. The van der Waals surface area contributed by atoms with E-state index in [9.17, 15) is 4.79 Å². The van der Waals surface area contributed by atoms with Crippen LogP contribution in [0.3, 0.4) is 0 Å². The van der Waals surface area contributed by atoms with Gasteiger partial charge in [0, 0.05) is 32.3 Å². The minimum Gasteiger partial charge on any atom is -0.440 e. The Hall–Kier alpha value is -3.22. The van der Waals surface area contributed by atoms with Crippen LogP contribution in [0.25, 0.3) is 22.3 Å². The number of oxazole rings is 1. The summed E-state index contributed by atoms with van der Waals surface area (Å²) in [7, 11) is 1.89. The second kappa shape index (κ2) is 6.19. The quantitative estimate of drug-likeness (QED) is 0.548. The molecule has 7 nitrogen and oxygen atoms in total. The van der Waals surface area contributed by atoms with Crippen LogP contribution in [0.1, 0.15) is 35.0 Å². The Morgan fingerprint density at radius 1 is 1.15 bits per heavy atom. The largest absolute Gasteiger partial charge is 0.440 e. The number of fused-ring (bicyclic) bond motifs is 2. The standard InChI is InChI=1S/C20H19N5O2/c1-24-12-22-16-10-14(11-21-18(16)24)20(26)25-8-6-13(7-9-25)19-23-15-4-2-3-5-17(15)27-19/h2-5,10-13H,6-9H2,1H3. The lowest BCUT2D eigenvalue weighted by Gasteiger charge is -2.30. The maximum atomic E-state index is 12.8. The summed E-state index contributed by atoms with van der Waals surface area (Å²) in [6.45, 7) is 1.37. The van der Waals surface area contributed by atoms with Gasteiger partial charge in [-0.15, -0.1) is 0 Å². The zero-order valence-corrected chi connectivity index (χ0v) is 15.0. The van der Waals surface area contributed by atoms with E-state index in [1.807, 2.05) is 46.8 Å². The number of aromatic nitrogens is 4. The van der Waals surface area contributed by atoms with Gasteiger partial charge in [0.25, 0.3) is 5.91 Å². The molecule has 7 heteroatoms. The summed E-state index contributed by atoms with van der Waals surface area (Å²) in [6, 6.07) is 9.62. The van der Waals surface area contributed by atoms with E-state index >= 15 is 0 Å². The minimum absolute atomic E-state index is 0.00562. The number of pyridine rings is 1. The van der Waals surface area contributed by atoms with Gasteiger partial charge in [0.15, 0.2) is 17.1 Å². The van der Waals surface area contributed by atoms with Gasteiger partial charge in [0.2, 0.25) is 0 Å². The number of amides is 1. The van der Waals surface area contributed by atoms with Gasteiger partial charge in [-0.05, 0) is 31.0 Å². The number of benzene rings is 1. The molecule has 1 saturated heterocycles. The third kappa shape index (κ3) is 2.75. The van der Waals surface area contributed by atoms with Crippen molar-refractivity contribution in [1.82, 2.24) is 24.4 Å². The average Bonchev–Trinajstić information content (AvgIpc) is 3.31. The number of likely N-dealkylation sites (tertiary alicyclic amines) is 1. The van der Waals surface area contributed by atoms with Gasteiger partial charge in [-0.1, -0.05) is 12.1 Å². The first kappa shape index (κ1) is 16.0. The average molecular weight is 361 g/mol. The van der Waals surface area contributed by atoms with Crippen LogP contribution in [-0.4, -0.2) is 43.4 Å². The number of hydrogen-bond donors (Lipinski definition) is 0. The number of carbonyl (C=O) groups excluding carboxylic acids is 1. The van der Waals surface area contributed by atoms with Gasteiger partial charge in [0.1, 0.15) is 11.0 Å². The highest BCUT2D eigenvalue weighted by molar-refractivity contribution is 5.96. The number of piperidine rings is 1. The summed E-state index contributed by atoms with van der Waals surface area (Å²) >= 11 is 0. The Morgan fingerprint density at radius 3 is 2.78 bits per heavy atom. The Balaban J connectivity index is 1.30. The molecule has 136 valence electrons. The molecule has 0 unspecified atom stereocenters. The molecule has 0 aliphatic carbocycles. The summed E-state index contributed by atoms with van der Waals surface area (Å²) in [5, 5.41) is 0. The Morgan fingerprint density at radius 2 is 1.96 bits per heavy atom. The van der Waals surface area contributed by atoms with Crippen LogP contribution in [0, 0.1) is 0 Å². The number of para-hydroxylation sites is 2. The Bertz CT molecular complexity index is 1100. The molecule has 0 atom stereocenters. The van der Waals surface area contributed by atoms with Crippen molar-refractivity contribution < 1.29 is 9.21 Å². The molecule has 0 spiro atoms. The fourth-order valence-electron chi connectivity index (χ4n) is 3.71. The van der Waals surface area contributed by atoms with Gasteiger partial charge in [-0.2, -0.15) is 0 Å². The number of nitrogens with zero attached hydrogens (tertiary/aromatic N) is 5. The highest BCUT2D eigenvalue weighted by Crippen LogP contribution is 2.30. The first-order chi connectivity index (χ1) is 13.2. The molecular weight excluding hydrogens is 342 g/mol.